The van der Waals surface area contributed by atoms with E-state index in [2.05, 4.69) is 15.3 Å². The van der Waals surface area contributed by atoms with E-state index in [4.69, 9.17) is 4.74 Å². The van der Waals surface area contributed by atoms with Crippen molar-refractivity contribution in [1.82, 2.24) is 14.5 Å². The fourth-order valence-electron chi connectivity index (χ4n) is 2.29. The lowest BCUT2D eigenvalue weighted by molar-refractivity contribution is 0.102. The number of amides is 1. The maximum atomic E-state index is 12.2. The average Bonchev–Trinajstić information content (AvgIpc) is 3.02. The van der Waals surface area contributed by atoms with Gasteiger partial charge in [-0.1, -0.05) is 18.2 Å². The molecule has 0 saturated carbocycles. The van der Waals surface area contributed by atoms with E-state index in [0.717, 1.165) is 17.0 Å². The molecule has 122 valence electrons. The van der Waals surface area contributed by atoms with Crippen LogP contribution in [0.2, 0.25) is 0 Å². The van der Waals surface area contributed by atoms with Crippen LogP contribution in [0.25, 0.3) is 11.3 Å². The lowest BCUT2D eigenvalue weighted by Crippen LogP contribution is -2.13. The molecule has 1 aromatic carbocycles. The highest BCUT2D eigenvalue weighted by Gasteiger charge is 2.10. The Bertz CT molecular complexity index is 857. The molecule has 0 radical (unpaired) electrons. The molecule has 0 fully saturated rings. The third-order valence-corrected chi connectivity index (χ3v) is 3.37. The molecule has 2 heterocycles. The number of nitrogens with zero attached hydrogens (tertiary/aromatic N) is 3. The number of ether oxygens (including phenoxy) is 1. The summed E-state index contributed by atoms with van der Waals surface area (Å²) in [5, 5.41) is 2.76. The van der Waals surface area contributed by atoms with Crippen LogP contribution in [0.5, 0.6) is 5.75 Å². The first kappa shape index (κ1) is 15.7. The molecule has 0 aliphatic carbocycles. The summed E-state index contributed by atoms with van der Waals surface area (Å²) in [5.74, 6) is 0.980. The number of aromatic nitrogens is 3. The van der Waals surface area contributed by atoms with Gasteiger partial charge >= 0.3 is 0 Å². The first-order chi connectivity index (χ1) is 11.7. The molecule has 1 amide bonds. The third kappa shape index (κ3) is 3.60. The molecular formula is C18H18N4O2. The minimum Gasteiger partial charge on any atom is -0.494 e. The van der Waals surface area contributed by atoms with Crippen molar-refractivity contribution >= 4 is 11.7 Å². The maximum Gasteiger partial charge on any atom is 0.276 e. The van der Waals surface area contributed by atoms with Crippen LogP contribution >= 0.6 is 0 Å². The molecule has 6 heteroatoms. The second-order valence-electron chi connectivity index (χ2n) is 5.25. The average molecular weight is 322 g/mol. The van der Waals surface area contributed by atoms with Crippen molar-refractivity contribution in [3.63, 3.8) is 0 Å². The van der Waals surface area contributed by atoms with E-state index in [9.17, 15) is 4.79 Å². The van der Waals surface area contributed by atoms with Crippen LogP contribution in [0, 0.1) is 0 Å². The Kier molecular flexibility index (Phi) is 4.56. The van der Waals surface area contributed by atoms with Crippen LogP contribution in [-0.2, 0) is 7.05 Å². The normalized spacial score (nSPS) is 10.4. The summed E-state index contributed by atoms with van der Waals surface area (Å²) < 4.78 is 7.24. The molecule has 1 N–H and O–H groups in total. The Labute approximate surface area is 140 Å². The van der Waals surface area contributed by atoms with Crippen LogP contribution in [0.1, 0.15) is 17.4 Å². The van der Waals surface area contributed by atoms with Gasteiger partial charge in [-0.25, -0.2) is 9.97 Å². The number of hydrogen-bond donors (Lipinski definition) is 1. The van der Waals surface area contributed by atoms with Gasteiger partial charge in [-0.05, 0) is 31.2 Å². The van der Waals surface area contributed by atoms with Gasteiger partial charge in [-0.2, -0.15) is 0 Å². The van der Waals surface area contributed by atoms with Gasteiger partial charge in [0, 0.05) is 18.8 Å². The largest absolute Gasteiger partial charge is 0.494 e. The highest BCUT2D eigenvalue weighted by atomic mass is 16.5. The number of rotatable bonds is 5. The highest BCUT2D eigenvalue weighted by Crippen LogP contribution is 2.23. The summed E-state index contributed by atoms with van der Waals surface area (Å²) in [7, 11) is 1.81. The first-order valence-electron chi connectivity index (χ1n) is 7.65. The fraction of sp³-hybridized carbons (Fsp3) is 0.167. The lowest BCUT2D eigenvalue weighted by Gasteiger charge is -2.08. The van der Waals surface area contributed by atoms with E-state index in [1.54, 1.807) is 23.2 Å². The Hall–Kier alpha value is -3.15. The zero-order valence-electron chi connectivity index (χ0n) is 13.6. The molecule has 6 nitrogen and oxygen atoms in total. The number of pyridine rings is 1. The standard InChI is InChI=1S/C18H18N4O2/c1-3-24-14-7-4-6-13(10-14)15-8-5-9-17(20-15)21-18(23)16-11-22(2)12-19-16/h4-12H,3H2,1-2H3,(H,20,21,23). The van der Waals surface area contributed by atoms with Gasteiger partial charge in [0.15, 0.2) is 0 Å². The molecule has 0 unspecified atom stereocenters. The number of anilines is 1. The van der Waals surface area contributed by atoms with E-state index >= 15 is 0 Å². The molecule has 0 aliphatic heterocycles. The van der Waals surface area contributed by atoms with E-state index in [0.29, 0.717) is 18.1 Å². The zero-order valence-corrected chi connectivity index (χ0v) is 13.6. The molecule has 2 aromatic heterocycles. The SMILES string of the molecule is CCOc1cccc(-c2cccc(NC(=O)c3cn(C)cn3)n2)c1. The van der Waals surface area contributed by atoms with E-state index in [-0.39, 0.29) is 5.91 Å². The molecule has 0 atom stereocenters. The van der Waals surface area contributed by atoms with E-state index in [1.807, 2.05) is 50.4 Å². The fourth-order valence-corrected chi connectivity index (χ4v) is 2.29. The molecule has 3 rings (SSSR count). The molecule has 0 spiro atoms. The van der Waals surface area contributed by atoms with Gasteiger partial charge in [-0.15, -0.1) is 0 Å². The third-order valence-electron chi connectivity index (χ3n) is 3.37. The van der Waals surface area contributed by atoms with Crippen molar-refractivity contribution < 1.29 is 9.53 Å². The summed E-state index contributed by atoms with van der Waals surface area (Å²) >= 11 is 0. The number of aryl methyl sites for hydroxylation is 1. The van der Waals surface area contributed by atoms with Crippen molar-refractivity contribution in [3.8, 4) is 17.0 Å². The summed E-state index contributed by atoms with van der Waals surface area (Å²) in [4.78, 5) is 20.7. The van der Waals surface area contributed by atoms with Crippen molar-refractivity contribution in [2.24, 2.45) is 7.05 Å². The second-order valence-corrected chi connectivity index (χ2v) is 5.25. The number of benzene rings is 1. The van der Waals surface area contributed by atoms with Gasteiger partial charge in [-0.3, -0.25) is 4.79 Å². The highest BCUT2D eigenvalue weighted by molar-refractivity contribution is 6.02. The lowest BCUT2D eigenvalue weighted by atomic mass is 10.1. The predicted octanol–water partition coefficient (Wildman–Crippen LogP) is 3.13. The molecule has 0 saturated heterocycles. The number of imidazole rings is 1. The summed E-state index contributed by atoms with van der Waals surface area (Å²) in [6, 6.07) is 13.2. The Morgan fingerprint density at radius 3 is 2.83 bits per heavy atom. The van der Waals surface area contributed by atoms with Crippen molar-refractivity contribution in [1.29, 1.82) is 0 Å². The quantitative estimate of drug-likeness (QED) is 0.783. The monoisotopic (exact) mass is 322 g/mol. The summed E-state index contributed by atoms with van der Waals surface area (Å²) in [6.45, 7) is 2.55. The van der Waals surface area contributed by atoms with Crippen molar-refractivity contribution in [2.45, 2.75) is 6.92 Å². The van der Waals surface area contributed by atoms with E-state index < -0.39 is 0 Å². The van der Waals surface area contributed by atoms with Gasteiger partial charge in [0.25, 0.3) is 5.91 Å². The predicted molar refractivity (Wildman–Crippen MR) is 92.0 cm³/mol. The smallest absolute Gasteiger partial charge is 0.276 e. The van der Waals surface area contributed by atoms with Crippen LogP contribution in [-0.4, -0.2) is 27.0 Å². The van der Waals surface area contributed by atoms with Gasteiger partial charge in [0.2, 0.25) is 0 Å². The molecule has 0 bridgehead atoms. The molecular weight excluding hydrogens is 304 g/mol. The first-order valence-corrected chi connectivity index (χ1v) is 7.65. The van der Waals surface area contributed by atoms with Gasteiger partial charge < -0.3 is 14.6 Å². The molecule has 0 aliphatic rings. The Balaban J connectivity index is 1.81. The second kappa shape index (κ2) is 6.95. The number of carbonyl (C=O) groups is 1. The summed E-state index contributed by atoms with van der Waals surface area (Å²) in [6.07, 6.45) is 3.24. The minimum absolute atomic E-state index is 0.289. The van der Waals surface area contributed by atoms with Gasteiger partial charge in [0.05, 0.1) is 18.6 Å². The Morgan fingerprint density at radius 2 is 2.08 bits per heavy atom. The number of carbonyl (C=O) groups excluding carboxylic acids is 1. The van der Waals surface area contributed by atoms with Crippen LogP contribution in [0.3, 0.4) is 0 Å². The van der Waals surface area contributed by atoms with Gasteiger partial charge in [0.1, 0.15) is 17.3 Å². The van der Waals surface area contributed by atoms with Crippen molar-refractivity contribution in [3.05, 3.63) is 60.7 Å². The van der Waals surface area contributed by atoms with Crippen LogP contribution in [0.15, 0.2) is 55.0 Å². The number of hydrogen-bond acceptors (Lipinski definition) is 4. The number of nitrogens with one attached hydrogen (secondary N) is 1. The molecule has 24 heavy (non-hydrogen) atoms. The topological polar surface area (TPSA) is 69.0 Å². The van der Waals surface area contributed by atoms with Crippen LogP contribution < -0.4 is 10.1 Å². The molecule has 3 aromatic rings. The van der Waals surface area contributed by atoms with Crippen molar-refractivity contribution in [2.75, 3.05) is 11.9 Å². The Morgan fingerprint density at radius 1 is 1.25 bits per heavy atom. The summed E-state index contributed by atoms with van der Waals surface area (Å²) in [5.41, 5.74) is 2.04. The minimum atomic E-state index is -0.289. The maximum absolute atomic E-state index is 12.2. The zero-order chi connectivity index (χ0) is 16.9. The van der Waals surface area contributed by atoms with E-state index in [1.165, 1.54) is 0 Å². The van der Waals surface area contributed by atoms with Crippen LogP contribution in [0.4, 0.5) is 5.82 Å².